The Balaban J connectivity index is 1.84. The van der Waals surface area contributed by atoms with Gasteiger partial charge in [-0.3, -0.25) is 14.3 Å². The molecule has 0 bridgehead atoms. The Labute approximate surface area is 141 Å². The van der Waals surface area contributed by atoms with E-state index in [1.165, 1.54) is 10.9 Å². The van der Waals surface area contributed by atoms with Crippen LogP contribution in [0, 0.1) is 6.92 Å². The van der Waals surface area contributed by atoms with Gasteiger partial charge in [-0.05, 0) is 42.8 Å². The summed E-state index contributed by atoms with van der Waals surface area (Å²) in [5, 5.41) is 7.45. The first-order valence-corrected chi connectivity index (χ1v) is 7.85. The maximum atomic E-state index is 12.2. The second-order valence-corrected chi connectivity index (χ2v) is 6.05. The average molecular weight is 372 g/mol. The van der Waals surface area contributed by atoms with Crippen LogP contribution in [0.5, 0.6) is 0 Å². The molecule has 1 heterocycles. The number of anilines is 1. The van der Waals surface area contributed by atoms with Gasteiger partial charge in [-0.15, -0.1) is 0 Å². The van der Waals surface area contributed by atoms with Crippen molar-refractivity contribution < 1.29 is 4.79 Å². The van der Waals surface area contributed by atoms with E-state index in [-0.39, 0.29) is 17.9 Å². The molecule has 0 radical (unpaired) electrons. The molecule has 0 saturated carbocycles. The third-order valence-corrected chi connectivity index (χ3v) is 4.39. The van der Waals surface area contributed by atoms with Crippen molar-refractivity contribution >= 4 is 38.4 Å². The summed E-state index contributed by atoms with van der Waals surface area (Å²) in [7, 11) is 0. The van der Waals surface area contributed by atoms with Gasteiger partial charge in [-0.1, -0.05) is 28.1 Å². The number of rotatable bonds is 3. The van der Waals surface area contributed by atoms with Crippen LogP contribution in [-0.4, -0.2) is 15.7 Å². The summed E-state index contributed by atoms with van der Waals surface area (Å²) >= 11 is 3.43. The molecule has 0 atom stereocenters. The fourth-order valence-electron chi connectivity index (χ4n) is 2.35. The standard InChI is InChI=1S/C17H14BrN3O2/c1-11-8-12(6-7-14(11)18)20-17(23)10-21-15-5-3-2-4-13(15)16(22)9-19-21/h2-9H,10H2,1H3,(H,20,23). The SMILES string of the molecule is Cc1cc(NC(=O)Cn2ncc(=O)c3ccccc32)ccc1Br. The van der Waals surface area contributed by atoms with Crippen molar-refractivity contribution in [1.82, 2.24) is 9.78 Å². The average Bonchev–Trinajstić information content (AvgIpc) is 2.54. The molecule has 2 aromatic carbocycles. The number of hydrogen-bond donors (Lipinski definition) is 1. The number of benzene rings is 2. The first-order valence-electron chi connectivity index (χ1n) is 7.05. The van der Waals surface area contributed by atoms with E-state index in [1.54, 1.807) is 18.2 Å². The highest BCUT2D eigenvalue weighted by Gasteiger charge is 2.08. The minimum atomic E-state index is -0.201. The van der Waals surface area contributed by atoms with E-state index in [2.05, 4.69) is 26.3 Å². The molecule has 1 N–H and O–H groups in total. The van der Waals surface area contributed by atoms with Gasteiger partial charge in [0, 0.05) is 15.5 Å². The maximum absolute atomic E-state index is 12.2. The van der Waals surface area contributed by atoms with Crippen LogP contribution in [0.4, 0.5) is 5.69 Å². The van der Waals surface area contributed by atoms with E-state index in [1.807, 2.05) is 31.2 Å². The summed E-state index contributed by atoms with van der Waals surface area (Å²) in [4.78, 5) is 24.0. The molecule has 5 nitrogen and oxygen atoms in total. The summed E-state index contributed by atoms with van der Waals surface area (Å²) in [6.45, 7) is 1.99. The lowest BCUT2D eigenvalue weighted by molar-refractivity contribution is -0.116. The van der Waals surface area contributed by atoms with Crippen LogP contribution >= 0.6 is 15.9 Å². The molecule has 1 aromatic heterocycles. The highest BCUT2D eigenvalue weighted by Crippen LogP contribution is 2.20. The molecular formula is C17H14BrN3O2. The largest absolute Gasteiger partial charge is 0.324 e. The molecule has 116 valence electrons. The first-order chi connectivity index (χ1) is 11.0. The van der Waals surface area contributed by atoms with Crippen molar-refractivity contribution in [3.8, 4) is 0 Å². The summed E-state index contributed by atoms with van der Waals surface area (Å²) in [5.74, 6) is -0.201. The number of halogens is 1. The smallest absolute Gasteiger partial charge is 0.246 e. The molecular weight excluding hydrogens is 358 g/mol. The number of aromatic nitrogens is 2. The van der Waals surface area contributed by atoms with Crippen LogP contribution in [0.2, 0.25) is 0 Å². The highest BCUT2D eigenvalue weighted by molar-refractivity contribution is 9.10. The summed E-state index contributed by atoms with van der Waals surface area (Å²) < 4.78 is 2.51. The Morgan fingerprint density at radius 2 is 2.04 bits per heavy atom. The predicted molar refractivity (Wildman–Crippen MR) is 93.5 cm³/mol. The molecule has 0 aliphatic carbocycles. The summed E-state index contributed by atoms with van der Waals surface area (Å²) in [6.07, 6.45) is 1.24. The molecule has 6 heteroatoms. The quantitative estimate of drug-likeness (QED) is 0.769. The molecule has 1 amide bonds. The van der Waals surface area contributed by atoms with E-state index >= 15 is 0 Å². The van der Waals surface area contributed by atoms with E-state index in [0.29, 0.717) is 10.9 Å². The van der Waals surface area contributed by atoms with Gasteiger partial charge in [0.1, 0.15) is 6.54 Å². The summed E-state index contributed by atoms with van der Waals surface area (Å²) in [6, 6.07) is 12.7. The number of aryl methyl sites for hydroxylation is 1. The van der Waals surface area contributed by atoms with Gasteiger partial charge in [0.2, 0.25) is 11.3 Å². The molecule has 23 heavy (non-hydrogen) atoms. The fourth-order valence-corrected chi connectivity index (χ4v) is 2.59. The highest BCUT2D eigenvalue weighted by atomic mass is 79.9. The number of nitrogens with one attached hydrogen (secondary N) is 1. The van der Waals surface area contributed by atoms with Crippen molar-refractivity contribution in [3.63, 3.8) is 0 Å². The number of para-hydroxylation sites is 1. The second kappa shape index (κ2) is 6.34. The van der Waals surface area contributed by atoms with Gasteiger partial charge < -0.3 is 5.32 Å². The second-order valence-electron chi connectivity index (χ2n) is 5.20. The van der Waals surface area contributed by atoms with Gasteiger partial charge >= 0.3 is 0 Å². The van der Waals surface area contributed by atoms with Crippen molar-refractivity contribution in [1.29, 1.82) is 0 Å². The van der Waals surface area contributed by atoms with Crippen molar-refractivity contribution in [2.45, 2.75) is 13.5 Å². The Morgan fingerprint density at radius 3 is 2.83 bits per heavy atom. The normalized spacial score (nSPS) is 10.7. The van der Waals surface area contributed by atoms with Crippen molar-refractivity contribution in [2.24, 2.45) is 0 Å². The van der Waals surface area contributed by atoms with Gasteiger partial charge in [0.15, 0.2) is 0 Å². The van der Waals surface area contributed by atoms with Crippen LogP contribution in [0.1, 0.15) is 5.56 Å². The molecule has 3 aromatic rings. The zero-order valence-corrected chi connectivity index (χ0v) is 14.0. The number of fused-ring (bicyclic) bond motifs is 1. The predicted octanol–water partition coefficient (Wildman–Crippen LogP) is 3.11. The third-order valence-electron chi connectivity index (χ3n) is 3.50. The zero-order chi connectivity index (χ0) is 16.4. The molecule has 0 fully saturated rings. The van der Waals surface area contributed by atoms with Gasteiger partial charge in [-0.25, -0.2) is 0 Å². The van der Waals surface area contributed by atoms with Crippen LogP contribution in [0.15, 0.2) is 57.9 Å². The number of carbonyl (C=O) groups excluding carboxylic acids is 1. The van der Waals surface area contributed by atoms with Gasteiger partial charge in [-0.2, -0.15) is 5.10 Å². The van der Waals surface area contributed by atoms with Crippen molar-refractivity contribution in [3.05, 3.63) is 68.9 Å². The van der Waals surface area contributed by atoms with Crippen LogP contribution in [0.3, 0.4) is 0 Å². The minimum Gasteiger partial charge on any atom is -0.324 e. The number of nitrogens with zero attached hydrogens (tertiary/aromatic N) is 2. The van der Waals surface area contributed by atoms with Crippen LogP contribution < -0.4 is 10.7 Å². The Morgan fingerprint density at radius 1 is 1.26 bits per heavy atom. The van der Waals surface area contributed by atoms with Gasteiger partial charge in [0.25, 0.3) is 0 Å². The minimum absolute atomic E-state index is 0.0376. The Hall–Kier alpha value is -2.47. The van der Waals surface area contributed by atoms with Crippen LogP contribution in [-0.2, 0) is 11.3 Å². The molecule has 0 saturated heterocycles. The van der Waals surface area contributed by atoms with Crippen LogP contribution in [0.25, 0.3) is 10.9 Å². The van der Waals surface area contributed by atoms with Gasteiger partial charge in [0.05, 0.1) is 11.7 Å². The Kier molecular flexibility index (Phi) is 4.25. The first kappa shape index (κ1) is 15.4. The molecule has 0 aliphatic rings. The van der Waals surface area contributed by atoms with E-state index < -0.39 is 0 Å². The maximum Gasteiger partial charge on any atom is 0.246 e. The third kappa shape index (κ3) is 3.32. The van der Waals surface area contributed by atoms with E-state index in [9.17, 15) is 9.59 Å². The molecule has 0 spiro atoms. The van der Waals surface area contributed by atoms with Crippen molar-refractivity contribution in [2.75, 3.05) is 5.32 Å². The number of hydrogen-bond acceptors (Lipinski definition) is 3. The lowest BCUT2D eigenvalue weighted by atomic mass is 10.2. The lowest BCUT2D eigenvalue weighted by Crippen LogP contribution is -2.22. The monoisotopic (exact) mass is 371 g/mol. The molecule has 0 aliphatic heterocycles. The number of amides is 1. The van der Waals surface area contributed by atoms with E-state index in [0.717, 1.165) is 15.7 Å². The number of carbonyl (C=O) groups is 1. The zero-order valence-electron chi connectivity index (χ0n) is 12.4. The lowest BCUT2D eigenvalue weighted by Gasteiger charge is -2.10. The molecule has 3 rings (SSSR count). The Bertz CT molecular complexity index is 950. The summed E-state index contributed by atoms with van der Waals surface area (Å²) in [5.41, 5.74) is 2.25. The van der Waals surface area contributed by atoms with E-state index in [4.69, 9.17) is 0 Å². The fraction of sp³-hybridized carbons (Fsp3) is 0.118. The topological polar surface area (TPSA) is 64.0 Å². The molecule has 0 unspecified atom stereocenters.